The van der Waals surface area contributed by atoms with Gasteiger partial charge in [-0.05, 0) is 48.2 Å². The number of unbranched alkanes of at least 4 members (excludes halogenated alkanes) is 1. The van der Waals surface area contributed by atoms with Crippen LogP contribution in [0.5, 0.6) is 5.75 Å². The number of ether oxygens (including phenoxy) is 3. The predicted molar refractivity (Wildman–Crippen MR) is 109 cm³/mol. The van der Waals surface area contributed by atoms with Crippen LogP contribution in [-0.2, 0) is 14.3 Å². The second kappa shape index (κ2) is 12.3. The number of rotatable bonds is 12. The largest absolute Gasteiger partial charge is 0.494 e. The van der Waals surface area contributed by atoms with Crippen molar-refractivity contribution in [2.45, 2.75) is 18.9 Å². The van der Waals surface area contributed by atoms with Crippen LogP contribution in [0, 0.1) is 11.3 Å². The lowest BCUT2D eigenvalue weighted by molar-refractivity contribution is -0.141. The third kappa shape index (κ3) is 8.18. The van der Waals surface area contributed by atoms with E-state index < -0.39 is 12.1 Å². The monoisotopic (exact) mass is 395 g/mol. The smallest absolute Gasteiger partial charge is 0.330 e. The van der Waals surface area contributed by atoms with E-state index in [9.17, 15) is 9.90 Å². The first-order valence-corrected chi connectivity index (χ1v) is 9.41. The normalized spacial score (nSPS) is 11.3. The average Bonchev–Trinajstić information content (AvgIpc) is 2.77. The number of esters is 1. The molecule has 1 unspecified atom stereocenters. The highest BCUT2D eigenvalue weighted by Crippen LogP contribution is 2.22. The van der Waals surface area contributed by atoms with E-state index in [0.717, 1.165) is 35.8 Å². The first kappa shape index (κ1) is 22.2. The van der Waals surface area contributed by atoms with Gasteiger partial charge in [0.15, 0.2) is 0 Å². The van der Waals surface area contributed by atoms with E-state index in [1.165, 1.54) is 0 Å². The Morgan fingerprint density at radius 1 is 1.03 bits per heavy atom. The Kier molecular flexibility index (Phi) is 9.43. The molecule has 0 radical (unpaired) electrons. The molecule has 152 valence electrons. The minimum Gasteiger partial charge on any atom is -0.494 e. The van der Waals surface area contributed by atoms with Gasteiger partial charge in [0.25, 0.3) is 0 Å². The fourth-order valence-corrected chi connectivity index (χ4v) is 2.48. The molecule has 0 bridgehead atoms. The summed E-state index contributed by atoms with van der Waals surface area (Å²) in [5, 5.41) is 18.5. The van der Waals surface area contributed by atoms with Crippen molar-refractivity contribution in [2.75, 3.05) is 26.4 Å². The fourth-order valence-electron chi connectivity index (χ4n) is 2.48. The molecule has 0 aromatic heterocycles. The van der Waals surface area contributed by atoms with Crippen molar-refractivity contribution >= 4 is 5.97 Å². The van der Waals surface area contributed by atoms with Crippen LogP contribution < -0.4 is 4.74 Å². The number of carbonyl (C=O) groups is 1. The van der Waals surface area contributed by atoms with Crippen LogP contribution in [0.2, 0.25) is 0 Å². The van der Waals surface area contributed by atoms with E-state index in [1.54, 1.807) is 12.1 Å². The minimum atomic E-state index is -0.843. The maximum atomic E-state index is 10.9. The first-order chi connectivity index (χ1) is 14.1. The summed E-state index contributed by atoms with van der Waals surface area (Å²) < 4.78 is 15.8. The van der Waals surface area contributed by atoms with Crippen molar-refractivity contribution in [3.05, 3.63) is 66.7 Å². The molecule has 0 spiro atoms. The Balaban J connectivity index is 1.59. The molecule has 1 atom stereocenters. The molecule has 0 saturated carbocycles. The van der Waals surface area contributed by atoms with Gasteiger partial charge in [0.2, 0.25) is 0 Å². The molecular weight excluding hydrogens is 370 g/mol. The zero-order valence-corrected chi connectivity index (χ0v) is 16.3. The van der Waals surface area contributed by atoms with E-state index >= 15 is 0 Å². The van der Waals surface area contributed by atoms with Crippen LogP contribution in [0.4, 0.5) is 0 Å². The fraction of sp³-hybridized carbons (Fsp3) is 0.304. The predicted octanol–water partition coefficient (Wildman–Crippen LogP) is 3.49. The molecule has 2 rings (SSSR count). The molecule has 0 aliphatic heterocycles. The lowest BCUT2D eigenvalue weighted by Gasteiger charge is -2.11. The van der Waals surface area contributed by atoms with E-state index in [-0.39, 0.29) is 13.2 Å². The van der Waals surface area contributed by atoms with Gasteiger partial charge in [0, 0.05) is 12.7 Å². The van der Waals surface area contributed by atoms with E-state index in [2.05, 4.69) is 12.6 Å². The molecule has 2 aromatic rings. The molecule has 0 aliphatic rings. The Hall–Kier alpha value is -3.14. The molecular formula is C23H25NO5. The third-order valence-electron chi connectivity index (χ3n) is 4.05. The highest BCUT2D eigenvalue weighted by atomic mass is 16.5. The number of hydrogen-bond donors (Lipinski definition) is 1. The Morgan fingerprint density at radius 2 is 1.66 bits per heavy atom. The summed E-state index contributed by atoms with van der Waals surface area (Å²) in [5.74, 6) is 0.230. The summed E-state index contributed by atoms with van der Waals surface area (Å²) in [6, 6.07) is 17.4. The average molecular weight is 395 g/mol. The Morgan fingerprint density at radius 3 is 2.28 bits per heavy atom. The van der Waals surface area contributed by atoms with Crippen molar-refractivity contribution in [3.63, 3.8) is 0 Å². The summed E-state index contributed by atoms with van der Waals surface area (Å²) >= 11 is 0. The molecule has 6 heteroatoms. The van der Waals surface area contributed by atoms with Gasteiger partial charge in [-0.15, -0.1) is 0 Å². The SMILES string of the molecule is C=CC(=O)OCC(O)COCCCCOc1ccc(-c2ccc(C#N)cc2)cc1. The second-order valence-corrected chi connectivity index (χ2v) is 6.33. The number of hydrogen-bond acceptors (Lipinski definition) is 6. The summed E-state index contributed by atoms with van der Waals surface area (Å²) in [6.07, 6.45) is 1.82. The van der Waals surface area contributed by atoms with E-state index in [1.807, 2.05) is 36.4 Å². The molecule has 0 amide bonds. The minimum absolute atomic E-state index is 0.105. The topological polar surface area (TPSA) is 88.8 Å². The Bertz CT molecular complexity index is 809. The van der Waals surface area contributed by atoms with Crippen molar-refractivity contribution in [1.82, 2.24) is 0 Å². The number of aliphatic hydroxyl groups is 1. The summed E-state index contributed by atoms with van der Waals surface area (Å²) in [7, 11) is 0. The quantitative estimate of drug-likeness (QED) is 0.336. The van der Waals surface area contributed by atoms with E-state index in [4.69, 9.17) is 19.5 Å². The summed E-state index contributed by atoms with van der Waals surface area (Å²) in [5.41, 5.74) is 2.75. The van der Waals surface area contributed by atoms with Gasteiger partial charge in [-0.25, -0.2) is 4.79 Å². The highest BCUT2D eigenvalue weighted by Gasteiger charge is 2.07. The van der Waals surface area contributed by atoms with Gasteiger partial charge in [0.1, 0.15) is 18.5 Å². The molecule has 0 heterocycles. The molecule has 29 heavy (non-hydrogen) atoms. The second-order valence-electron chi connectivity index (χ2n) is 6.33. The van der Waals surface area contributed by atoms with Crippen LogP contribution in [-0.4, -0.2) is 43.6 Å². The zero-order chi connectivity index (χ0) is 20.9. The summed E-state index contributed by atoms with van der Waals surface area (Å²) in [4.78, 5) is 10.9. The highest BCUT2D eigenvalue weighted by molar-refractivity contribution is 5.81. The van der Waals surface area contributed by atoms with Gasteiger partial charge in [0.05, 0.1) is 24.8 Å². The van der Waals surface area contributed by atoms with Crippen molar-refractivity contribution in [2.24, 2.45) is 0 Å². The van der Waals surface area contributed by atoms with Gasteiger partial charge < -0.3 is 19.3 Å². The van der Waals surface area contributed by atoms with Crippen molar-refractivity contribution in [1.29, 1.82) is 5.26 Å². The summed E-state index contributed by atoms with van der Waals surface area (Å²) in [6.45, 7) is 4.35. The maximum Gasteiger partial charge on any atom is 0.330 e. The van der Waals surface area contributed by atoms with Gasteiger partial charge in [-0.2, -0.15) is 5.26 Å². The number of benzene rings is 2. The number of nitriles is 1. The van der Waals surface area contributed by atoms with Gasteiger partial charge in [-0.3, -0.25) is 0 Å². The van der Waals surface area contributed by atoms with Gasteiger partial charge >= 0.3 is 5.97 Å². The molecule has 6 nitrogen and oxygen atoms in total. The van der Waals surface area contributed by atoms with Crippen molar-refractivity contribution in [3.8, 4) is 22.9 Å². The lowest BCUT2D eigenvalue weighted by atomic mass is 10.0. The molecule has 0 fully saturated rings. The molecule has 0 saturated heterocycles. The van der Waals surface area contributed by atoms with Crippen molar-refractivity contribution < 1.29 is 24.1 Å². The number of nitrogens with zero attached hydrogens (tertiary/aromatic N) is 1. The zero-order valence-electron chi connectivity index (χ0n) is 16.3. The third-order valence-corrected chi connectivity index (χ3v) is 4.05. The van der Waals surface area contributed by atoms with Crippen LogP contribution >= 0.6 is 0 Å². The first-order valence-electron chi connectivity index (χ1n) is 9.41. The maximum absolute atomic E-state index is 10.9. The number of carbonyl (C=O) groups excluding carboxylic acids is 1. The molecule has 0 aliphatic carbocycles. The van der Waals surface area contributed by atoms with Crippen LogP contribution in [0.25, 0.3) is 11.1 Å². The number of aliphatic hydroxyl groups excluding tert-OH is 1. The lowest BCUT2D eigenvalue weighted by Crippen LogP contribution is -2.23. The van der Waals surface area contributed by atoms with Gasteiger partial charge in [-0.1, -0.05) is 30.8 Å². The van der Waals surface area contributed by atoms with Crippen LogP contribution in [0.1, 0.15) is 18.4 Å². The Labute approximate surface area is 171 Å². The van der Waals surface area contributed by atoms with E-state index in [0.29, 0.717) is 18.8 Å². The standard InChI is InChI=1S/C23H25NO5/c1-2-23(26)29-17-21(25)16-27-13-3-4-14-28-22-11-9-20(10-12-22)19-7-5-18(15-24)6-8-19/h2,5-12,21,25H,1,3-4,13-14,16-17H2. The van der Waals surface area contributed by atoms with Crippen LogP contribution in [0.15, 0.2) is 61.2 Å². The molecule has 2 aromatic carbocycles. The molecule has 1 N–H and O–H groups in total. The van der Waals surface area contributed by atoms with Crippen LogP contribution in [0.3, 0.4) is 0 Å².